The minimum atomic E-state index is -0.260. The van der Waals surface area contributed by atoms with Gasteiger partial charge in [0.1, 0.15) is 11.5 Å². The summed E-state index contributed by atoms with van der Waals surface area (Å²) in [6, 6.07) is 10.5. The molecule has 6 nitrogen and oxygen atoms in total. The molecule has 0 radical (unpaired) electrons. The van der Waals surface area contributed by atoms with Crippen molar-refractivity contribution in [2.45, 2.75) is 25.7 Å². The molecule has 0 unspecified atom stereocenters. The number of methoxy groups -OCH3 is 1. The average Bonchev–Trinajstić information content (AvgIpc) is 2.73. The Bertz CT molecular complexity index is 919. The lowest BCUT2D eigenvalue weighted by Gasteiger charge is -2.30. The van der Waals surface area contributed by atoms with Crippen molar-refractivity contribution in [1.29, 1.82) is 0 Å². The molecule has 0 aliphatic carbocycles. The third-order valence-electron chi connectivity index (χ3n) is 5.52. The number of fused-ring (bicyclic) bond motifs is 1. The molecular formula is C22H24N2O4. The Morgan fingerprint density at radius 2 is 1.86 bits per heavy atom. The highest BCUT2D eigenvalue weighted by molar-refractivity contribution is 6.10. The molecule has 0 saturated carbocycles. The van der Waals surface area contributed by atoms with E-state index in [9.17, 15) is 14.7 Å². The van der Waals surface area contributed by atoms with Gasteiger partial charge in [0.15, 0.2) is 0 Å². The first-order valence-electron chi connectivity index (χ1n) is 9.69. The Morgan fingerprint density at radius 3 is 2.61 bits per heavy atom. The lowest BCUT2D eigenvalue weighted by Crippen LogP contribution is -2.38. The molecule has 0 aromatic heterocycles. The van der Waals surface area contributed by atoms with Gasteiger partial charge < -0.3 is 19.6 Å². The van der Waals surface area contributed by atoms with Crippen molar-refractivity contribution in [2.75, 3.05) is 31.6 Å². The quantitative estimate of drug-likeness (QED) is 0.888. The summed E-state index contributed by atoms with van der Waals surface area (Å²) >= 11 is 0. The summed E-state index contributed by atoms with van der Waals surface area (Å²) < 4.78 is 5.18. The molecule has 1 fully saturated rings. The highest BCUT2D eigenvalue weighted by atomic mass is 16.5. The Kier molecular flexibility index (Phi) is 4.94. The van der Waals surface area contributed by atoms with Crippen molar-refractivity contribution in [2.24, 2.45) is 0 Å². The van der Waals surface area contributed by atoms with Gasteiger partial charge in [0.05, 0.1) is 12.7 Å². The number of carbonyl (C=O) groups is 2. The molecule has 0 atom stereocenters. The van der Waals surface area contributed by atoms with Crippen LogP contribution in [0.25, 0.3) is 0 Å². The number of rotatable bonds is 3. The second kappa shape index (κ2) is 7.54. The highest BCUT2D eigenvalue weighted by Crippen LogP contribution is 2.34. The lowest BCUT2D eigenvalue weighted by atomic mass is 9.96. The third kappa shape index (κ3) is 3.30. The maximum atomic E-state index is 13.1. The average molecular weight is 380 g/mol. The normalized spacial score (nSPS) is 16.7. The maximum Gasteiger partial charge on any atom is 0.262 e. The van der Waals surface area contributed by atoms with Gasteiger partial charge in [-0.15, -0.1) is 0 Å². The summed E-state index contributed by atoms with van der Waals surface area (Å²) in [6.45, 7) is 2.06. The van der Waals surface area contributed by atoms with E-state index in [4.69, 9.17) is 4.74 Å². The van der Waals surface area contributed by atoms with Gasteiger partial charge >= 0.3 is 0 Å². The van der Waals surface area contributed by atoms with Gasteiger partial charge in [-0.3, -0.25) is 9.59 Å². The van der Waals surface area contributed by atoms with Gasteiger partial charge in [0, 0.05) is 37.0 Å². The van der Waals surface area contributed by atoms with Gasteiger partial charge in [-0.2, -0.15) is 0 Å². The summed E-state index contributed by atoms with van der Waals surface area (Å²) in [5.74, 6) is 0.208. The molecule has 2 aromatic rings. The minimum absolute atomic E-state index is 0.0130. The number of nitrogens with zero attached hydrogens (tertiary/aromatic N) is 2. The number of phenolic OH excluding ortho intramolecular Hbond substituents is 1. The molecule has 6 heteroatoms. The van der Waals surface area contributed by atoms with Crippen LogP contribution in [0.4, 0.5) is 5.69 Å². The zero-order valence-corrected chi connectivity index (χ0v) is 16.0. The van der Waals surface area contributed by atoms with Crippen LogP contribution in [0.2, 0.25) is 0 Å². The molecule has 4 rings (SSSR count). The van der Waals surface area contributed by atoms with E-state index in [1.165, 1.54) is 19.6 Å². The number of hydrogen-bond acceptors (Lipinski definition) is 4. The van der Waals surface area contributed by atoms with E-state index in [0.717, 1.165) is 31.5 Å². The zero-order chi connectivity index (χ0) is 19.7. The number of piperidine rings is 1. The molecular weight excluding hydrogens is 356 g/mol. The van der Waals surface area contributed by atoms with Crippen molar-refractivity contribution >= 4 is 17.5 Å². The van der Waals surface area contributed by atoms with Crippen molar-refractivity contribution < 1.29 is 19.4 Å². The summed E-state index contributed by atoms with van der Waals surface area (Å²) in [6.07, 6.45) is 3.85. The Balaban J connectivity index is 1.62. The summed E-state index contributed by atoms with van der Waals surface area (Å²) in [4.78, 5) is 29.4. The standard InChI is InChI=1S/C22H24N2O4/c1-28-18-13-15-8-11-24(22(27)20(15)19(25)14-18)17-7-5-6-16(12-17)21(26)23-9-3-2-4-10-23/h5-7,12-14,25H,2-4,8-11H2,1H3. The molecule has 0 spiro atoms. The summed E-state index contributed by atoms with van der Waals surface area (Å²) in [5, 5.41) is 10.3. The van der Waals surface area contributed by atoms with Crippen LogP contribution in [0.5, 0.6) is 11.5 Å². The second-order valence-corrected chi connectivity index (χ2v) is 7.29. The number of benzene rings is 2. The molecule has 1 saturated heterocycles. The van der Waals surface area contributed by atoms with Crippen LogP contribution in [0.1, 0.15) is 45.5 Å². The first kappa shape index (κ1) is 18.3. The van der Waals surface area contributed by atoms with Crippen molar-refractivity contribution in [1.82, 2.24) is 4.90 Å². The smallest absolute Gasteiger partial charge is 0.262 e. The Hall–Kier alpha value is -3.02. The molecule has 146 valence electrons. The maximum absolute atomic E-state index is 13.1. The fourth-order valence-corrected chi connectivity index (χ4v) is 4.02. The lowest BCUT2D eigenvalue weighted by molar-refractivity contribution is 0.0724. The molecule has 28 heavy (non-hydrogen) atoms. The predicted octanol–water partition coefficient (Wildman–Crippen LogP) is 3.23. The number of phenols is 1. The van der Waals surface area contributed by atoms with Crippen molar-refractivity contribution in [3.63, 3.8) is 0 Å². The van der Waals surface area contributed by atoms with Crippen LogP contribution in [0.3, 0.4) is 0 Å². The largest absolute Gasteiger partial charge is 0.507 e. The van der Waals surface area contributed by atoms with Crippen molar-refractivity contribution in [3.05, 3.63) is 53.1 Å². The number of aromatic hydroxyl groups is 1. The molecule has 2 heterocycles. The van der Waals surface area contributed by atoms with Gasteiger partial charge in [0.2, 0.25) is 0 Å². The summed E-state index contributed by atoms with van der Waals surface area (Å²) in [7, 11) is 1.53. The molecule has 1 N–H and O–H groups in total. The van der Waals surface area contributed by atoms with E-state index in [-0.39, 0.29) is 17.6 Å². The SMILES string of the molecule is COc1cc(O)c2c(c1)CCN(c1cccc(C(=O)N3CCCCC3)c1)C2=O. The van der Waals surface area contributed by atoms with Crippen LogP contribution in [0, 0.1) is 0 Å². The molecule has 2 aliphatic heterocycles. The molecule has 2 aliphatic rings. The fraction of sp³-hybridized carbons (Fsp3) is 0.364. The molecule has 0 bridgehead atoms. The highest BCUT2D eigenvalue weighted by Gasteiger charge is 2.29. The van der Waals surface area contributed by atoms with E-state index in [1.807, 2.05) is 17.0 Å². The van der Waals surface area contributed by atoms with Gasteiger partial charge in [-0.05, 0) is 55.5 Å². The van der Waals surface area contributed by atoms with Crippen molar-refractivity contribution in [3.8, 4) is 11.5 Å². The first-order chi connectivity index (χ1) is 13.6. The number of anilines is 1. The van der Waals surface area contributed by atoms with Crippen LogP contribution in [-0.4, -0.2) is 48.6 Å². The molecule has 2 amide bonds. The van der Waals surface area contributed by atoms with Crippen LogP contribution < -0.4 is 9.64 Å². The number of amides is 2. The molecule has 2 aromatic carbocycles. The number of ether oxygens (including phenoxy) is 1. The number of likely N-dealkylation sites (tertiary alicyclic amines) is 1. The Labute approximate surface area is 164 Å². The fourth-order valence-electron chi connectivity index (χ4n) is 4.02. The van der Waals surface area contributed by atoms with Crippen LogP contribution >= 0.6 is 0 Å². The second-order valence-electron chi connectivity index (χ2n) is 7.29. The monoisotopic (exact) mass is 380 g/mol. The van der Waals surface area contributed by atoms with E-state index in [0.29, 0.717) is 35.5 Å². The number of hydrogen-bond donors (Lipinski definition) is 1. The first-order valence-corrected chi connectivity index (χ1v) is 9.69. The predicted molar refractivity (Wildman–Crippen MR) is 106 cm³/mol. The van der Waals surface area contributed by atoms with Gasteiger partial charge in [-0.25, -0.2) is 0 Å². The van der Waals surface area contributed by atoms with Gasteiger partial charge in [0.25, 0.3) is 11.8 Å². The van der Waals surface area contributed by atoms with E-state index < -0.39 is 0 Å². The number of carbonyl (C=O) groups excluding carboxylic acids is 2. The van der Waals surface area contributed by atoms with E-state index in [1.54, 1.807) is 23.1 Å². The third-order valence-corrected chi connectivity index (χ3v) is 5.52. The minimum Gasteiger partial charge on any atom is -0.507 e. The van der Waals surface area contributed by atoms with Crippen LogP contribution in [0.15, 0.2) is 36.4 Å². The zero-order valence-electron chi connectivity index (χ0n) is 16.0. The topological polar surface area (TPSA) is 70.1 Å². The Morgan fingerprint density at radius 1 is 1.07 bits per heavy atom. The van der Waals surface area contributed by atoms with E-state index in [2.05, 4.69) is 0 Å². The summed E-state index contributed by atoms with van der Waals surface area (Å²) in [5.41, 5.74) is 2.35. The van der Waals surface area contributed by atoms with E-state index >= 15 is 0 Å². The van der Waals surface area contributed by atoms with Crippen LogP contribution in [-0.2, 0) is 6.42 Å². The van der Waals surface area contributed by atoms with Gasteiger partial charge in [-0.1, -0.05) is 6.07 Å².